The van der Waals surface area contributed by atoms with Gasteiger partial charge < -0.3 is 9.47 Å². The van der Waals surface area contributed by atoms with Crippen LogP contribution in [0.2, 0.25) is 0 Å². The van der Waals surface area contributed by atoms with Gasteiger partial charge >= 0.3 is 0 Å². The van der Waals surface area contributed by atoms with Crippen LogP contribution in [0.15, 0.2) is 231 Å². The van der Waals surface area contributed by atoms with E-state index in [1.807, 2.05) is 0 Å². The number of aromatic nitrogens is 1. The van der Waals surface area contributed by atoms with Crippen LogP contribution in [0.3, 0.4) is 0 Å². The third-order valence-corrected chi connectivity index (χ3v) is 16.0. The Morgan fingerprint density at radius 1 is 0.316 bits per heavy atom. The Hall–Kier alpha value is -8.72. The van der Waals surface area contributed by atoms with Crippen LogP contribution < -0.4 is 4.90 Å². The molecule has 0 aliphatic heterocycles. The van der Waals surface area contributed by atoms with Crippen molar-refractivity contribution in [2.24, 2.45) is 0 Å². The standard InChI is InChI=1S/C74H62N2/c1-47-17-21-51(22-18-47)56-41-57(52-23-19-48(2)20-24-52)45-62(44-56)75(61-35-29-50(30-36-61)49-25-27-53(28-26-49)58-42-59(73(3,4)5)46-60(43-58)74(6,7)8)69-39-33-54-32-38-66-70(40-34-55-31-37-65(69)71(54)72(55)66)76-67-15-11-9-13-63(67)64-14-10-12-16-68(64)76/h9-46H,1-8H3. The first-order chi connectivity index (χ1) is 36.7. The van der Waals surface area contributed by atoms with E-state index in [1.165, 1.54) is 127 Å². The Kier molecular flexibility index (Phi) is 11.1. The molecule has 0 unspecified atom stereocenters. The topological polar surface area (TPSA) is 8.17 Å². The molecular weight excluding hydrogens is 917 g/mol. The minimum atomic E-state index is 0.0470. The maximum absolute atomic E-state index is 2.50. The van der Waals surface area contributed by atoms with Gasteiger partial charge in [0.15, 0.2) is 0 Å². The molecular formula is C74H62N2. The van der Waals surface area contributed by atoms with Crippen LogP contribution in [0.1, 0.15) is 63.8 Å². The van der Waals surface area contributed by atoms with E-state index >= 15 is 0 Å². The molecule has 12 aromatic carbocycles. The first kappa shape index (κ1) is 47.0. The number of rotatable bonds is 8. The van der Waals surface area contributed by atoms with Gasteiger partial charge in [0.1, 0.15) is 0 Å². The fraction of sp³-hybridized carbons (Fsp3) is 0.135. The normalized spacial score (nSPS) is 12.2. The fourth-order valence-electron chi connectivity index (χ4n) is 11.7. The van der Waals surface area contributed by atoms with Gasteiger partial charge in [-0.2, -0.15) is 0 Å². The van der Waals surface area contributed by atoms with Crippen molar-refractivity contribution in [3.05, 3.63) is 253 Å². The first-order valence-corrected chi connectivity index (χ1v) is 26.9. The molecule has 0 fully saturated rings. The Balaban J connectivity index is 0.992. The van der Waals surface area contributed by atoms with Gasteiger partial charge in [0.2, 0.25) is 0 Å². The summed E-state index contributed by atoms with van der Waals surface area (Å²) in [4.78, 5) is 2.50. The molecule has 1 heterocycles. The van der Waals surface area contributed by atoms with Crippen molar-refractivity contribution in [3.63, 3.8) is 0 Å². The molecule has 2 nitrogen and oxygen atoms in total. The van der Waals surface area contributed by atoms with E-state index < -0.39 is 0 Å². The van der Waals surface area contributed by atoms with E-state index in [9.17, 15) is 0 Å². The van der Waals surface area contributed by atoms with Crippen LogP contribution in [0.5, 0.6) is 0 Å². The van der Waals surface area contributed by atoms with Crippen LogP contribution in [-0.2, 0) is 10.8 Å². The van der Waals surface area contributed by atoms with E-state index in [1.54, 1.807) is 0 Å². The summed E-state index contributed by atoms with van der Waals surface area (Å²) in [7, 11) is 0. The second-order valence-corrected chi connectivity index (χ2v) is 23.2. The van der Waals surface area contributed by atoms with E-state index in [0.29, 0.717) is 0 Å². The predicted molar refractivity (Wildman–Crippen MR) is 328 cm³/mol. The second kappa shape index (κ2) is 18.0. The number of para-hydroxylation sites is 2. The maximum Gasteiger partial charge on any atom is 0.0541 e. The van der Waals surface area contributed by atoms with Gasteiger partial charge in [0.25, 0.3) is 0 Å². The van der Waals surface area contributed by atoms with Gasteiger partial charge in [-0.15, -0.1) is 0 Å². The highest BCUT2D eigenvalue weighted by Crippen LogP contribution is 2.48. The average Bonchev–Trinajstić information content (AvgIpc) is 3.79. The molecule has 0 saturated heterocycles. The lowest BCUT2D eigenvalue weighted by atomic mass is 9.79. The van der Waals surface area contributed by atoms with E-state index in [2.05, 4.69) is 295 Å². The Labute approximate surface area is 447 Å². The zero-order chi connectivity index (χ0) is 52.0. The SMILES string of the molecule is Cc1ccc(-c2cc(-c3ccc(C)cc3)cc(N(c3ccc(-c4ccc(-c5cc(C(C)(C)C)cc(C(C)(C)C)c5)cc4)cc3)c3ccc4ccc5c(-n6c7ccccc7c7ccccc76)ccc6ccc3c4c65)c2)cc1. The summed E-state index contributed by atoms with van der Waals surface area (Å²) in [6.45, 7) is 18.2. The van der Waals surface area contributed by atoms with Crippen molar-refractivity contribution < 1.29 is 0 Å². The number of fused-ring (bicyclic) bond motifs is 3. The van der Waals surface area contributed by atoms with Gasteiger partial charge in [-0.25, -0.2) is 0 Å². The molecule has 0 aliphatic carbocycles. The van der Waals surface area contributed by atoms with Crippen molar-refractivity contribution in [2.45, 2.75) is 66.2 Å². The van der Waals surface area contributed by atoms with Crippen molar-refractivity contribution in [1.29, 1.82) is 0 Å². The highest BCUT2D eigenvalue weighted by atomic mass is 15.1. The summed E-state index contributed by atoms with van der Waals surface area (Å²) >= 11 is 0. The molecule has 0 spiro atoms. The van der Waals surface area contributed by atoms with Crippen LogP contribution in [0.4, 0.5) is 17.1 Å². The van der Waals surface area contributed by atoms with Crippen molar-refractivity contribution >= 4 is 71.2 Å². The molecule has 0 radical (unpaired) electrons. The number of aryl methyl sites for hydroxylation is 2. The lowest BCUT2D eigenvalue weighted by Gasteiger charge is -2.29. The highest BCUT2D eigenvalue weighted by Gasteiger charge is 2.24. The molecule has 0 saturated carbocycles. The van der Waals surface area contributed by atoms with Gasteiger partial charge in [-0.05, 0) is 156 Å². The third kappa shape index (κ3) is 8.21. The Morgan fingerprint density at radius 2 is 0.724 bits per heavy atom. The quantitative estimate of drug-likeness (QED) is 0.138. The lowest BCUT2D eigenvalue weighted by Crippen LogP contribution is -2.16. The summed E-state index contributed by atoms with van der Waals surface area (Å²) < 4.78 is 2.47. The number of hydrogen-bond donors (Lipinski definition) is 0. The molecule has 0 N–H and O–H groups in total. The molecule has 13 aromatic rings. The molecule has 0 bridgehead atoms. The smallest absolute Gasteiger partial charge is 0.0541 e. The number of anilines is 3. The van der Waals surface area contributed by atoms with Crippen LogP contribution in [0.25, 0.3) is 104 Å². The fourth-order valence-corrected chi connectivity index (χ4v) is 11.7. The molecule has 0 atom stereocenters. The van der Waals surface area contributed by atoms with Gasteiger partial charge in [-0.1, -0.05) is 229 Å². The molecule has 2 heteroatoms. The molecule has 0 amide bonds. The second-order valence-electron chi connectivity index (χ2n) is 23.2. The molecule has 368 valence electrons. The molecule has 1 aromatic heterocycles. The third-order valence-electron chi connectivity index (χ3n) is 16.0. The zero-order valence-electron chi connectivity index (χ0n) is 44.8. The molecule has 0 aliphatic rings. The first-order valence-electron chi connectivity index (χ1n) is 26.9. The number of hydrogen-bond acceptors (Lipinski definition) is 1. The summed E-state index contributed by atoms with van der Waals surface area (Å²) in [5, 5.41) is 9.98. The van der Waals surface area contributed by atoms with Crippen LogP contribution in [-0.4, -0.2) is 4.57 Å². The van der Waals surface area contributed by atoms with Crippen LogP contribution >= 0.6 is 0 Å². The van der Waals surface area contributed by atoms with Crippen LogP contribution in [0, 0.1) is 13.8 Å². The van der Waals surface area contributed by atoms with E-state index in [-0.39, 0.29) is 10.8 Å². The largest absolute Gasteiger partial charge is 0.310 e. The van der Waals surface area contributed by atoms with Gasteiger partial charge in [0.05, 0.1) is 22.4 Å². The van der Waals surface area contributed by atoms with Crippen molar-refractivity contribution in [1.82, 2.24) is 4.57 Å². The van der Waals surface area contributed by atoms with E-state index in [0.717, 1.165) is 17.1 Å². The summed E-state index contributed by atoms with van der Waals surface area (Å²) in [5.41, 5.74) is 21.8. The summed E-state index contributed by atoms with van der Waals surface area (Å²) in [6, 6.07) is 86.9. The number of nitrogens with zero attached hydrogens (tertiary/aromatic N) is 2. The minimum absolute atomic E-state index is 0.0470. The molecule has 76 heavy (non-hydrogen) atoms. The number of benzene rings is 12. The minimum Gasteiger partial charge on any atom is -0.310 e. The zero-order valence-corrected chi connectivity index (χ0v) is 44.8. The monoisotopic (exact) mass is 978 g/mol. The van der Waals surface area contributed by atoms with Crippen molar-refractivity contribution in [3.8, 4) is 50.2 Å². The predicted octanol–water partition coefficient (Wildman–Crippen LogP) is 21.0. The lowest BCUT2D eigenvalue weighted by molar-refractivity contribution is 0.569. The Bertz CT molecular complexity index is 4180. The van der Waals surface area contributed by atoms with Crippen molar-refractivity contribution in [2.75, 3.05) is 4.90 Å². The average molecular weight is 979 g/mol. The highest BCUT2D eigenvalue weighted by molar-refractivity contribution is 6.27. The molecule has 13 rings (SSSR count). The van der Waals surface area contributed by atoms with Gasteiger partial charge in [-0.3, -0.25) is 0 Å². The maximum atomic E-state index is 2.50. The Morgan fingerprint density at radius 3 is 1.24 bits per heavy atom. The summed E-state index contributed by atoms with van der Waals surface area (Å²) in [5.74, 6) is 0. The summed E-state index contributed by atoms with van der Waals surface area (Å²) in [6.07, 6.45) is 0. The van der Waals surface area contributed by atoms with E-state index in [4.69, 9.17) is 0 Å². The van der Waals surface area contributed by atoms with Gasteiger partial charge in [0, 0.05) is 32.9 Å².